The Hall–Kier alpha value is -2.57. The van der Waals surface area contributed by atoms with Gasteiger partial charge in [-0.25, -0.2) is 4.79 Å². The van der Waals surface area contributed by atoms with Gasteiger partial charge in [0.15, 0.2) is 0 Å². The standard InChI is InChI=1S/C19H28N2O5/c1-12(2)10-15(18(23)24)20-17(22)16(13(3)4)21-19(25)26-11-14-8-6-5-7-9-14/h5-9,12-13,15-16H,10-11H2,1-4H3,(H,20,22)(H,21,25)(H,23,24)/p-1/t15-,16-/m0/s1. The molecule has 2 N–H and O–H groups in total. The third-order valence-corrected chi connectivity index (χ3v) is 3.74. The summed E-state index contributed by atoms with van der Waals surface area (Å²) in [5.74, 6) is -2.10. The largest absolute Gasteiger partial charge is 0.548 e. The molecule has 0 saturated heterocycles. The Kier molecular flexibility index (Phi) is 8.61. The molecule has 0 aliphatic rings. The number of carbonyl (C=O) groups excluding carboxylic acids is 3. The number of nitrogens with one attached hydrogen (secondary N) is 2. The summed E-state index contributed by atoms with van der Waals surface area (Å²) in [5.41, 5.74) is 0.821. The number of amides is 2. The molecule has 0 spiro atoms. The molecule has 144 valence electrons. The minimum atomic E-state index is -1.35. The first-order chi connectivity index (χ1) is 12.2. The summed E-state index contributed by atoms with van der Waals surface area (Å²) in [6, 6.07) is 7.13. The first-order valence-electron chi connectivity index (χ1n) is 8.69. The molecule has 0 radical (unpaired) electrons. The molecule has 2 atom stereocenters. The van der Waals surface area contributed by atoms with Gasteiger partial charge in [-0.2, -0.15) is 0 Å². The van der Waals surface area contributed by atoms with Gasteiger partial charge < -0.3 is 25.3 Å². The monoisotopic (exact) mass is 363 g/mol. The van der Waals surface area contributed by atoms with E-state index in [2.05, 4.69) is 10.6 Å². The minimum Gasteiger partial charge on any atom is -0.548 e. The van der Waals surface area contributed by atoms with Crippen molar-refractivity contribution in [2.45, 2.75) is 52.8 Å². The summed E-state index contributed by atoms with van der Waals surface area (Å²) in [6.07, 6.45) is -0.492. The SMILES string of the molecule is CC(C)C[C@H](NC(=O)[C@@H](NC(=O)OCc1ccccc1)C(C)C)C(=O)[O-]. The number of carboxylic acid groups (broad SMARTS) is 1. The van der Waals surface area contributed by atoms with Crippen LogP contribution in [0, 0.1) is 11.8 Å². The van der Waals surface area contributed by atoms with Crippen LogP contribution >= 0.6 is 0 Å². The number of aliphatic carboxylic acids is 1. The van der Waals surface area contributed by atoms with E-state index in [1.54, 1.807) is 13.8 Å². The second-order valence-corrected chi connectivity index (χ2v) is 6.94. The van der Waals surface area contributed by atoms with Crippen molar-refractivity contribution < 1.29 is 24.2 Å². The first-order valence-corrected chi connectivity index (χ1v) is 8.69. The van der Waals surface area contributed by atoms with E-state index in [1.165, 1.54) is 0 Å². The van der Waals surface area contributed by atoms with Gasteiger partial charge in [0.1, 0.15) is 12.6 Å². The van der Waals surface area contributed by atoms with Gasteiger partial charge in [0.05, 0.1) is 12.0 Å². The topological polar surface area (TPSA) is 108 Å². The second-order valence-electron chi connectivity index (χ2n) is 6.94. The van der Waals surface area contributed by atoms with Gasteiger partial charge in [-0.1, -0.05) is 58.0 Å². The average Bonchev–Trinajstić information content (AvgIpc) is 2.57. The van der Waals surface area contributed by atoms with Crippen molar-refractivity contribution in [3.63, 3.8) is 0 Å². The fraction of sp³-hybridized carbons (Fsp3) is 0.526. The van der Waals surface area contributed by atoms with Crippen molar-refractivity contribution in [2.24, 2.45) is 11.8 Å². The second kappa shape index (κ2) is 10.4. The zero-order chi connectivity index (χ0) is 19.7. The molecule has 0 aliphatic carbocycles. The minimum absolute atomic E-state index is 0.0690. The summed E-state index contributed by atoms with van der Waals surface area (Å²) in [4.78, 5) is 35.6. The zero-order valence-electron chi connectivity index (χ0n) is 15.7. The van der Waals surface area contributed by atoms with Crippen LogP contribution in [-0.4, -0.2) is 30.1 Å². The van der Waals surface area contributed by atoms with Gasteiger partial charge in [-0.3, -0.25) is 4.79 Å². The van der Waals surface area contributed by atoms with Crippen molar-refractivity contribution in [2.75, 3.05) is 0 Å². The molecule has 1 rings (SSSR count). The number of benzene rings is 1. The molecular weight excluding hydrogens is 336 g/mol. The first kappa shape index (κ1) is 21.5. The lowest BCUT2D eigenvalue weighted by molar-refractivity contribution is -0.308. The Balaban J connectivity index is 2.64. The molecule has 0 bridgehead atoms. The lowest BCUT2D eigenvalue weighted by Gasteiger charge is -2.26. The molecule has 0 aliphatic heterocycles. The molecule has 0 heterocycles. The molecular formula is C19H27N2O5-. The lowest BCUT2D eigenvalue weighted by atomic mass is 10.0. The van der Waals surface area contributed by atoms with Gasteiger partial charge in [0.2, 0.25) is 5.91 Å². The predicted octanol–water partition coefficient (Wildman–Crippen LogP) is 1.22. The molecule has 26 heavy (non-hydrogen) atoms. The van der Waals surface area contributed by atoms with Crippen molar-refractivity contribution in [1.82, 2.24) is 10.6 Å². The number of carbonyl (C=O) groups is 3. The van der Waals surface area contributed by atoms with E-state index >= 15 is 0 Å². The van der Waals surface area contributed by atoms with Gasteiger partial charge in [-0.15, -0.1) is 0 Å². The third-order valence-electron chi connectivity index (χ3n) is 3.74. The molecule has 0 fully saturated rings. The van der Waals surface area contributed by atoms with Crippen molar-refractivity contribution in [3.05, 3.63) is 35.9 Å². The highest BCUT2D eigenvalue weighted by molar-refractivity contribution is 5.89. The maximum Gasteiger partial charge on any atom is 0.408 e. The Labute approximate surface area is 154 Å². The number of hydrogen-bond donors (Lipinski definition) is 2. The van der Waals surface area contributed by atoms with Crippen molar-refractivity contribution in [1.29, 1.82) is 0 Å². The molecule has 2 amide bonds. The fourth-order valence-corrected chi connectivity index (χ4v) is 2.37. The highest BCUT2D eigenvalue weighted by Crippen LogP contribution is 2.08. The van der Waals surface area contributed by atoms with Crippen LogP contribution in [0.2, 0.25) is 0 Å². The lowest BCUT2D eigenvalue weighted by Crippen LogP contribution is -2.56. The number of alkyl carbamates (subject to hydrolysis) is 1. The van der Waals surface area contributed by atoms with E-state index < -0.39 is 30.1 Å². The van der Waals surface area contributed by atoms with Crippen LogP contribution in [-0.2, 0) is 20.9 Å². The highest BCUT2D eigenvalue weighted by atomic mass is 16.5. The highest BCUT2D eigenvalue weighted by Gasteiger charge is 2.27. The van der Waals surface area contributed by atoms with Crippen LogP contribution in [0.5, 0.6) is 0 Å². The van der Waals surface area contributed by atoms with E-state index in [9.17, 15) is 19.5 Å². The molecule has 1 aromatic rings. The summed E-state index contributed by atoms with van der Waals surface area (Å²) in [7, 11) is 0. The van der Waals surface area contributed by atoms with Gasteiger partial charge in [-0.05, 0) is 23.8 Å². The quantitative estimate of drug-likeness (QED) is 0.686. The van der Waals surface area contributed by atoms with Gasteiger partial charge in [0.25, 0.3) is 0 Å². The Morgan fingerprint density at radius 1 is 1.04 bits per heavy atom. The van der Waals surface area contributed by atoms with Gasteiger partial charge in [0, 0.05) is 0 Å². The smallest absolute Gasteiger partial charge is 0.408 e. The summed E-state index contributed by atoms with van der Waals surface area (Å²) >= 11 is 0. The summed E-state index contributed by atoms with van der Waals surface area (Å²) in [5, 5.41) is 16.1. The number of carboxylic acids is 1. The molecule has 1 aromatic carbocycles. The van der Waals surface area contributed by atoms with E-state index in [0.717, 1.165) is 5.56 Å². The normalized spacial score (nSPS) is 13.2. The third kappa shape index (κ3) is 7.55. The fourth-order valence-electron chi connectivity index (χ4n) is 2.37. The van der Waals surface area contributed by atoms with Crippen molar-refractivity contribution >= 4 is 18.0 Å². The summed E-state index contributed by atoms with van der Waals surface area (Å²) in [6.45, 7) is 7.27. The Bertz CT molecular complexity index is 601. The maximum atomic E-state index is 12.4. The van der Waals surface area contributed by atoms with Gasteiger partial charge >= 0.3 is 6.09 Å². The van der Waals surface area contributed by atoms with E-state index in [-0.39, 0.29) is 24.9 Å². The van der Waals surface area contributed by atoms with Crippen molar-refractivity contribution in [3.8, 4) is 0 Å². The number of ether oxygens (including phenoxy) is 1. The van der Waals surface area contributed by atoms with Crippen LogP contribution in [0.3, 0.4) is 0 Å². The number of hydrogen-bond acceptors (Lipinski definition) is 5. The molecule has 0 saturated carbocycles. The van der Waals surface area contributed by atoms with Crippen LogP contribution in [0.25, 0.3) is 0 Å². The van der Waals surface area contributed by atoms with Crippen LogP contribution in [0.15, 0.2) is 30.3 Å². The van der Waals surface area contributed by atoms with Crippen LogP contribution in [0.4, 0.5) is 4.79 Å². The maximum absolute atomic E-state index is 12.4. The predicted molar refractivity (Wildman–Crippen MR) is 94.8 cm³/mol. The Morgan fingerprint density at radius 2 is 1.65 bits per heavy atom. The van der Waals surface area contributed by atoms with E-state index in [1.807, 2.05) is 44.2 Å². The van der Waals surface area contributed by atoms with Crippen LogP contribution < -0.4 is 15.7 Å². The molecule has 7 heteroatoms. The number of rotatable bonds is 9. The zero-order valence-corrected chi connectivity index (χ0v) is 15.7. The summed E-state index contributed by atoms with van der Waals surface area (Å²) < 4.78 is 5.12. The van der Waals surface area contributed by atoms with E-state index in [0.29, 0.717) is 0 Å². The van der Waals surface area contributed by atoms with E-state index in [4.69, 9.17) is 4.74 Å². The Morgan fingerprint density at radius 3 is 2.15 bits per heavy atom. The molecule has 7 nitrogen and oxygen atoms in total. The van der Waals surface area contributed by atoms with Crippen LogP contribution in [0.1, 0.15) is 39.7 Å². The molecule has 0 unspecified atom stereocenters. The molecule has 0 aromatic heterocycles. The average molecular weight is 363 g/mol.